The fourth-order valence-electron chi connectivity index (χ4n) is 0.966. The van der Waals surface area contributed by atoms with Gasteiger partial charge in [-0.2, -0.15) is 0 Å². The van der Waals surface area contributed by atoms with Gasteiger partial charge < -0.3 is 9.47 Å². The second-order valence-corrected chi connectivity index (χ2v) is 10.0. The van der Waals surface area contributed by atoms with Crippen LogP contribution in [0.1, 0.15) is 20.8 Å². The molecule has 130 valence electrons. The number of halogens is 6. The number of nitrogens with one attached hydrogen (secondary N) is 1. The molecule has 0 unspecified atom stereocenters. The van der Waals surface area contributed by atoms with E-state index in [9.17, 15) is 9.59 Å². The van der Waals surface area contributed by atoms with Gasteiger partial charge in [0.25, 0.3) is 0 Å². The van der Waals surface area contributed by atoms with Crippen LogP contribution < -0.4 is 5.43 Å². The predicted octanol–water partition coefficient (Wildman–Crippen LogP) is 4.61. The van der Waals surface area contributed by atoms with Gasteiger partial charge in [-0.25, -0.2) is 20.0 Å². The summed E-state index contributed by atoms with van der Waals surface area (Å²) in [5.74, 6) is 0. The van der Waals surface area contributed by atoms with Gasteiger partial charge in [-0.05, 0) is 20.8 Å². The van der Waals surface area contributed by atoms with Crippen LogP contribution in [0.25, 0.3) is 0 Å². The van der Waals surface area contributed by atoms with Crippen molar-refractivity contribution in [2.45, 2.75) is 33.9 Å². The summed E-state index contributed by atoms with van der Waals surface area (Å²) >= 11 is 32.8. The number of carbonyl (C=O) groups is 2. The average Bonchev–Trinajstić information content (AvgIpc) is 2.27. The Balaban J connectivity index is 4.73. The molecule has 12 heteroatoms. The second kappa shape index (κ2) is 8.40. The van der Waals surface area contributed by atoms with Crippen molar-refractivity contribution in [2.75, 3.05) is 13.2 Å². The molecule has 0 heterocycles. The fraction of sp³-hybridized carbons (Fsp3) is 0.800. The van der Waals surface area contributed by atoms with Crippen molar-refractivity contribution < 1.29 is 19.1 Å². The lowest BCUT2D eigenvalue weighted by atomic mass is 10.1. The summed E-state index contributed by atoms with van der Waals surface area (Å²) < 4.78 is 5.88. The Hall–Kier alpha value is 0.280. The Bertz CT molecular complexity index is 402. The average molecular weight is 439 g/mol. The highest BCUT2D eigenvalue weighted by molar-refractivity contribution is 6.68. The van der Waals surface area contributed by atoms with E-state index in [1.54, 1.807) is 20.8 Å². The number of nitrogens with zero attached hydrogens (tertiary/aromatic N) is 1. The number of amides is 2. The number of hydrogen-bond donors (Lipinski definition) is 1. The first-order chi connectivity index (χ1) is 9.62. The minimum Gasteiger partial charge on any atom is -0.444 e. The van der Waals surface area contributed by atoms with Gasteiger partial charge >= 0.3 is 12.2 Å². The second-order valence-electron chi connectivity index (χ2n) is 4.98. The normalized spacial score (nSPS) is 12.6. The Kier molecular flexibility index (Phi) is 8.51. The van der Waals surface area contributed by atoms with Gasteiger partial charge in [0, 0.05) is 0 Å². The third-order valence-corrected chi connectivity index (χ3v) is 2.44. The molecule has 2 amide bonds. The molecule has 0 atom stereocenters. The molecule has 0 saturated heterocycles. The van der Waals surface area contributed by atoms with E-state index in [4.69, 9.17) is 74.3 Å². The number of alkyl halides is 6. The third kappa shape index (κ3) is 10.9. The summed E-state index contributed by atoms with van der Waals surface area (Å²) in [6.45, 7) is 3.86. The van der Waals surface area contributed by atoms with Gasteiger partial charge in [0.1, 0.15) is 13.2 Å². The number of ether oxygens (including phenoxy) is 2. The van der Waals surface area contributed by atoms with E-state index < -0.39 is 38.5 Å². The van der Waals surface area contributed by atoms with Gasteiger partial charge in [-0.1, -0.05) is 69.6 Å². The Morgan fingerprint density at radius 1 is 0.909 bits per heavy atom. The van der Waals surface area contributed by atoms with Crippen molar-refractivity contribution >= 4 is 81.8 Å². The third-order valence-electron chi connectivity index (χ3n) is 1.78. The zero-order valence-electron chi connectivity index (χ0n) is 11.8. The van der Waals surface area contributed by atoms with Crippen LogP contribution in [0.3, 0.4) is 0 Å². The van der Waals surface area contributed by atoms with E-state index in [0.717, 1.165) is 5.01 Å². The number of rotatable bonds is 2. The highest BCUT2D eigenvalue weighted by Crippen LogP contribution is 2.27. The van der Waals surface area contributed by atoms with Gasteiger partial charge in [0.05, 0.1) is 5.54 Å². The standard InChI is InChI=1S/C10H14Cl6N2O4/c1-8(2,3)18(7(20)22-5-10(14,15)16)17-6(19)21-4-9(11,12)13/h4-5H2,1-3H3,(H,17,19). The van der Waals surface area contributed by atoms with Crippen LogP contribution in [0.4, 0.5) is 9.59 Å². The van der Waals surface area contributed by atoms with E-state index in [1.165, 1.54) is 0 Å². The molecule has 0 bridgehead atoms. The lowest BCUT2D eigenvalue weighted by molar-refractivity contribution is 0.0333. The molecule has 0 saturated carbocycles. The highest BCUT2D eigenvalue weighted by Gasteiger charge is 2.33. The summed E-state index contributed by atoms with van der Waals surface area (Å²) in [5, 5.41) is 0.851. The molecule has 0 fully saturated rings. The maximum atomic E-state index is 12.0. The van der Waals surface area contributed by atoms with Crippen molar-refractivity contribution in [3.8, 4) is 0 Å². The summed E-state index contributed by atoms with van der Waals surface area (Å²) in [4.78, 5) is 23.6. The SMILES string of the molecule is CC(C)(C)N(NC(=O)OCC(Cl)(Cl)Cl)C(=O)OCC(Cl)(Cl)Cl. The summed E-state index contributed by atoms with van der Waals surface area (Å²) in [5.41, 5.74) is 1.30. The lowest BCUT2D eigenvalue weighted by Crippen LogP contribution is -2.56. The van der Waals surface area contributed by atoms with E-state index in [2.05, 4.69) is 10.2 Å². The zero-order valence-corrected chi connectivity index (χ0v) is 16.3. The lowest BCUT2D eigenvalue weighted by Gasteiger charge is -2.34. The molecule has 0 aromatic heterocycles. The largest absolute Gasteiger partial charge is 0.444 e. The van der Waals surface area contributed by atoms with Crippen molar-refractivity contribution in [3.05, 3.63) is 0 Å². The van der Waals surface area contributed by atoms with Crippen molar-refractivity contribution in [2.24, 2.45) is 0 Å². The first kappa shape index (κ1) is 22.3. The van der Waals surface area contributed by atoms with Gasteiger partial charge in [0.15, 0.2) is 0 Å². The van der Waals surface area contributed by atoms with Crippen LogP contribution >= 0.6 is 69.6 Å². The zero-order chi connectivity index (χ0) is 17.8. The maximum absolute atomic E-state index is 12.0. The van der Waals surface area contributed by atoms with E-state index in [-0.39, 0.29) is 0 Å². The smallest absolute Gasteiger partial charge is 0.429 e. The Labute approximate surface area is 158 Å². The summed E-state index contributed by atoms with van der Waals surface area (Å²) in [7, 11) is 0. The molecule has 6 nitrogen and oxygen atoms in total. The van der Waals surface area contributed by atoms with Crippen LogP contribution in [0.2, 0.25) is 0 Å². The molecule has 0 aliphatic rings. The van der Waals surface area contributed by atoms with Crippen molar-refractivity contribution in [3.63, 3.8) is 0 Å². The highest BCUT2D eigenvalue weighted by atomic mass is 35.6. The van der Waals surface area contributed by atoms with Crippen LogP contribution in [0, 0.1) is 0 Å². The van der Waals surface area contributed by atoms with E-state index >= 15 is 0 Å². The van der Waals surface area contributed by atoms with Crippen LogP contribution in [0.5, 0.6) is 0 Å². The summed E-state index contributed by atoms with van der Waals surface area (Å²) in [6.07, 6.45) is -1.98. The van der Waals surface area contributed by atoms with Crippen LogP contribution in [0.15, 0.2) is 0 Å². The van der Waals surface area contributed by atoms with Gasteiger partial charge in [-0.3, -0.25) is 0 Å². The summed E-state index contributed by atoms with van der Waals surface area (Å²) in [6, 6.07) is 0. The molecule has 0 aliphatic carbocycles. The van der Waals surface area contributed by atoms with Gasteiger partial charge in [-0.15, -0.1) is 0 Å². The Morgan fingerprint density at radius 3 is 1.68 bits per heavy atom. The molecular weight excluding hydrogens is 425 g/mol. The topological polar surface area (TPSA) is 67.9 Å². The molecule has 0 aliphatic heterocycles. The molecular formula is C10H14Cl6N2O4. The quantitative estimate of drug-likeness (QED) is 0.505. The number of hydrogen-bond acceptors (Lipinski definition) is 4. The number of hydrazine groups is 1. The molecule has 1 N–H and O–H groups in total. The molecule has 0 rings (SSSR count). The first-order valence-electron chi connectivity index (χ1n) is 5.66. The molecule has 0 aromatic carbocycles. The monoisotopic (exact) mass is 436 g/mol. The minimum absolute atomic E-state index is 0.506. The maximum Gasteiger partial charge on any atom is 0.429 e. The predicted molar refractivity (Wildman–Crippen MR) is 88.0 cm³/mol. The van der Waals surface area contributed by atoms with Crippen molar-refractivity contribution in [1.82, 2.24) is 10.4 Å². The fourth-order valence-corrected chi connectivity index (χ4v) is 1.29. The first-order valence-corrected chi connectivity index (χ1v) is 7.92. The Morgan fingerprint density at radius 2 is 1.32 bits per heavy atom. The van der Waals surface area contributed by atoms with Crippen LogP contribution in [-0.2, 0) is 9.47 Å². The van der Waals surface area contributed by atoms with Crippen LogP contribution in [-0.4, -0.2) is 43.5 Å². The number of carbonyl (C=O) groups excluding carboxylic acids is 2. The molecule has 0 spiro atoms. The molecule has 0 aromatic rings. The molecule has 22 heavy (non-hydrogen) atoms. The van der Waals surface area contributed by atoms with Gasteiger partial charge in [0.2, 0.25) is 7.59 Å². The molecule has 0 radical (unpaired) electrons. The van der Waals surface area contributed by atoms with E-state index in [0.29, 0.717) is 0 Å². The van der Waals surface area contributed by atoms with Crippen molar-refractivity contribution in [1.29, 1.82) is 0 Å². The minimum atomic E-state index is -1.78. The van der Waals surface area contributed by atoms with E-state index in [1.807, 2.05) is 0 Å².